The maximum absolute atomic E-state index is 12.0. The molecule has 1 N–H and O–H groups in total. The van der Waals surface area contributed by atoms with Crippen LogP contribution in [-0.2, 0) is 14.8 Å². The van der Waals surface area contributed by atoms with Crippen molar-refractivity contribution in [1.29, 1.82) is 0 Å². The Labute approximate surface area is 106 Å². The first-order valence-electron chi connectivity index (χ1n) is 5.65. The number of ether oxygens (including phenoxy) is 1. The number of nitrogens with one attached hydrogen (secondary N) is 1. The van der Waals surface area contributed by atoms with Crippen molar-refractivity contribution >= 4 is 15.9 Å². The maximum atomic E-state index is 12.0. The Balaban J connectivity index is 2.17. The number of carbonyl (C=O) groups excluding carboxylic acids is 1. The van der Waals surface area contributed by atoms with Crippen LogP contribution in [-0.4, -0.2) is 21.4 Å². The normalized spacial score (nSPS) is 22.3. The van der Waals surface area contributed by atoms with Gasteiger partial charge in [0.1, 0.15) is 5.75 Å². The van der Waals surface area contributed by atoms with E-state index in [1.807, 2.05) is 6.92 Å². The molecule has 1 aromatic carbocycles. The van der Waals surface area contributed by atoms with Crippen molar-refractivity contribution < 1.29 is 17.9 Å². The Morgan fingerprint density at radius 1 is 1.44 bits per heavy atom. The zero-order chi connectivity index (χ0) is 13.3. The number of hydrogen-bond donors (Lipinski definition) is 1. The van der Waals surface area contributed by atoms with Crippen LogP contribution in [0.25, 0.3) is 0 Å². The van der Waals surface area contributed by atoms with E-state index in [0.29, 0.717) is 5.75 Å². The number of sulfonamides is 1. The van der Waals surface area contributed by atoms with Crippen LogP contribution in [0.1, 0.15) is 13.3 Å². The Morgan fingerprint density at radius 3 is 2.67 bits per heavy atom. The van der Waals surface area contributed by atoms with Crippen LogP contribution in [0.2, 0.25) is 0 Å². The van der Waals surface area contributed by atoms with Gasteiger partial charge in [0.2, 0.25) is 5.91 Å². The Morgan fingerprint density at radius 2 is 2.11 bits per heavy atom. The molecule has 1 aliphatic rings. The first-order valence-corrected chi connectivity index (χ1v) is 7.13. The Hall–Kier alpha value is -1.56. The predicted octanol–water partition coefficient (Wildman–Crippen LogP) is 1.16. The summed E-state index contributed by atoms with van der Waals surface area (Å²) in [6.07, 6.45) is 0.749. The molecule has 6 heteroatoms. The molecule has 0 aliphatic heterocycles. The lowest BCUT2D eigenvalue weighted by Gasteiger charge is -2.07. The van der Waals surface area contributed by atoms with Gasteiger partial charge in [-0.25, -0.2) is 13.1 Å². The van der Waals surface area contributed by atoms with E-state index < -0.39 is 15.9 Å². The standard InChI is InChI=1S/C12H15NO4S/c1-8-6-11(8)12(14)13-18(15,16)10-5-3-4-9(7-10)17-2/h3-5,7-8,11H,6H2,1-2H3,(H,13,14)/t8-,11+/m1/s1. The molecule has 1 aliphatic carbocycles. The van der Waals surface area contributed by atoms with Gasteiger partial charge in [-0.15, -0.1) is 0 Å². The van der Waals surface area contributed by atoms with Crippen molar-refractivity contribution in [2.75, 3.05) is 7.11 Å². The lowest BCUT2D eigenvalue weighted by atomic mass is 10.3. The van der Waals surface area contributed by atoms with Crippen molar-refractivity contribution in [1.82, 2.24) is 4.72 Å². The molecule has 5 nitrogen and oxygen atoms in total. The van der Waals surface area contributed by atoms with Crippen molar-refractivity contribution in [3.05, 3.63) is 24.3 Å². The lowest BCUT2D eigenvalue weighted by Crippen LogP contribution is -2.32. The smallest absolute Gasteiger partial charge is 0.264 e. The second kappa shape index (κ2) is 4.61. The summed E-state index contributed by atoms with van der Waals surface area (Å²) in [6.45, 7) is 1.92. The van der Waals surface area contributed by atoms with E-state index >= 15 is 0 Å². The summed E-state index contributed by atoms with van der Waals surface area (Å²) in [7, 11) is -2.35. The van der Waals surface area contributed by atoms with E-state index in [9.17, 15) is 13.2 Å². The summed E-state index contributed by atoms with van der Waals surface area (Å²) < 4.78 is 31.0. The van der Waals surface area contributed by atoms with Crippen molar-refractivity contribution in [3.63, 3.8) is 0 Å². The molecule has 2 atom stereocenters. The molecule has 1 amide bonds. The number of methoxy groups -OCH3 is 1. The van der Waals surface area contributed by atoms with Gasteiger partial charge >= 0.3 is 0 Å². The molecule has 0 radical (unpaired) electrons. The topological polar surface area (TPSA) is 72.5 Å². The number of benzene rings is 1. The van der Waals surface area contributed by atoms with E-state index in [-0.39, 0.29) is 16.7 Å². The fourth-order valence-corrected chi connectivity index (χ4v) is 2.79. The van der Waals surface area contributed by atoms with Gasteiger partial charge < -0.3 is 4.74 Å². The van der Waals surface area contributed by atoms with Crippen molar-refractivity contribution in [2.45, 2.75) is 18.2 Å². The summed E-state index contributed by atoms with van der Waals surface area (Å²) in [5.74, 6) is 0.103. The highest BCUT2D eigenvalue weighted by atomic mass is 32.2. The van der Waals surface area contributed by atoms with Gasteiger partial charge in [0.15, 0.2) is 0 Å². The minimum atomic E-state index is -3.80. The number of carbonyl (C=O) groups is 1. The summed E-state index contributed by atoms with van der Waals surface area (Å²) in [6, 6.07) is 6.02. The van der Waals surface area contributed by atoms with E-state index in [2.05, 4.69) is 4.72 Å². The molecule has 98 valence electrons. The molecule has 0 saturated heterocycles. The highest BCUT2D eigenvalue weighted by molar-refractivity contribution is 7.90. The monoisotopic (exact) mass is 269 g/mol. The van der Waals surface area contributed by atoms with Gasteiger partial charge in [-0.1, -0.05) is 13.0 Å². The third kappa shape index (κ3) is 2.64. The molecular weight excluding hydrogens is 254 g/mol. The number of hydrogen-bond acceptors (Lipinski definition) is 4. The molecule has 2 rings (SSSR count). The first-order chi connectivity index (χ1) is 8.44. The minimum absolute atomic E-state index is 0.0310. The zero-order valence-corrected chi connectivity index (χ0v) is 11.0. The Kier molecular flexibility index (Phi) is 3.30. The Bertz CT molecular complexity index is 567. The van der Waals surface area contributed by atoms with Gasteiger partial charge in [0.25, 0.3) is 10.0 Å². The third-order valence-corrected chi connectivity index (χ3v) is 4.38. The molecule has 18 heavy (non-hydrogen) atoms. The van der Waals surface area contributed by atoms with Gasteiger partial charge in [-0.3, -0.25) is 4.79 Å². The van der Waals surface area contributed by atoms with E-state index in [1.54, 1.807) is 12.1 Å². The first kappa shape index (κ1) is 12.9. The maximum Gasteiger partial charge on any atom is 0.264 e. The second-order valence-corrected chi connectivity index (χ2v) is 6.15. The molecule has 1 aromatic rings. The SMILES string of the molecule is COc1cccc(S(=O)(=O)NC(=O)[C@H]2C[C@H]2C)c1. The molecule has 0 spiro atoms. The summed E-state index contributed by atoms with van der Waals surface area (Å²) in [4.78, 5) is 11.7. The van der Waals surface area contributed by atoms with Crippen molar-refractivity contribution in [2.24, 2.45) is 11.8 Å². The summed E-state index contributed by atoms with van der Waals surface area (Å²) >= 11 is 0. The molecule has 0 bridgehead atoms. The average molecular weight is 269 g/mol. The molecule has 0 unspecified atom stereocenters. The van der Waals surface area contributed by atoms with Crippen molar-refractivity contribution in [3.8, 4) is 5.75 Å². The zero-order valence-electron chi connectivity index (χ0n) is 10.2. The van der Waals surface area contributed by atoms with Crippen LogP contribution >= 0.6 is 0 Å². The largest absolute Gasteiger partial charge is 0.497 e. The third-order valence-electron chi connectivity index (χ3n) is 3.03. The molecular formula is C12H15NO4S. The summed E-state index contributed by atoms with van der Waals surface area (Å²) in [5.41, 5.74) is 0. The van der Waals surface area contributed by atoms with E-state index in [0.717, 1.165) is 6.42 Å². The second-order valence-electron chi connectivity index (χ2n) is 4.47. The van der Waals surface area contributed by atoms with Crippen LogP contribution in [0.3, 0.4) is 0 Å². The van der Waals surface area contributed by atoms with E-state index in [4.69, 9.17) is 4.74 Å². The quantitative estimate of drug-likeness (QED) is 0.890. The van der Waals surface area contributed by atoms with Crippen LogP contribution in [0.15, 0.2) is 29.2 Å². The number of amides is 1. The minimum Gasteiger partial charge on any atom is -0.497 e. The van der Waals surface area contributed by atoms with Gasteiger partial charge in [-0.2, -0.15) is 0 Å². The summed E-state index contributed by atoms with van der Waals surface area (Å²) in [5, 5.41) is 0. The molecule has 0 aromatic heterocycles. The van der Waals surface area contributed by atoms with Crippen LogP contribution in [0.5, 0.6) is 5.75 Å². The van der Waals surface area contributed by atoms with Gasteiger partial charge in [0.05, 0.1) is 12.0 Å². The van der Waals surface area contributed by atoms with Crippen LogP contribution in [0, 0.1) is 11.8 Å². The fourth-order valence-electron chi connectivity index (χ4n) is 1.72. The molecule has 1 saturated carbocycles. The molecule has 1 fully saturated rings. The van der Waals surface area contributed by atoms with Gasteiger partial charge in [-0.05, 0) is 24.5 Å². The fraction of sp³-hybridized carbons (Fsp3) is 0.417. The average Bonchev–Trinajstić information content (AvgIpc) is 3.06. The highest BCUT2D eigenvalue weighted by Gasteiger charge is 2.40. The lowest BCUT2D eigenvalue weighted by molar-refractivity contribution is -0.120. The van der Waals surface area contributed by atoms with E-state index in [1.165, 1.54) is 19.2 Å². The number of rotatable bonds is 4. The molecule has 0 heterocycles. The van der Waals surface area contributed by atoms with Crippen LogP contribution in [0.4, 0.5) is 0 Å². The highest BCUT2D eigenvalue weighted by Crippen LogP contribution is 2.37. The van der Waals surface area contributed by atoms with Gasteiger partial charge in [0, 0.05) is 12.0 Å². The predicted molar refractivity (Wildman–Crippen MR) is 65.6 cm³/mol. The van der Waals surface area contributed by atoms with Crippen LogP contribution < -0.4 is 9.46 Å².